The van der Waals surface area contributed by atoms with Crippen LogP contribution < -0.4 is 0 Å². The van der Waals surface area contributed by atoms with Gasteiger partial charge in [0.1, 0.15) is 5.82 Å². The second kappa shape index (κ2) is 10.3. The highest BCUT2D eigenvalue weighted by Gasteiger charge is 2.13. The molecular formula is C31H24Cl3N3. The fraction of sp³-hybridized carbons (Fsp3) is 0.129. The number of halogens is 3. The number of rotatable bonds is 4. The topological polar surface area (TPSA) is 38.7 Å². The van der Waals surface area contributed by atoms with Gasteiger partial charge in [0.25, 0.3) is 0 Å². The van der Waals surface area contributed by atoms with E-state index in [0.29, 0.717) is 32.5 Å². The molecule has 0 spiro atoms. The van der Waals surface area contributed by atoms with Crippen molar-refractivity contribution in [2.24, 2.45) is 0 Å². The standard InChI is InChI=1S/C31H24Cl3N3/c1-17-13-18(2)28(19(3)14-17)21-5-9-23(10-6-21)30-35-20(4)36-31(37-30)24-11-7-22(8-12-24)29-26(33)15-25(32)16-27(29)34/h5-16H,1-4H3. The first kappa shape index (κ1) is 25.4. The van der Waals surface area contributed by atoms with Gasteiger partial charge >= 0.3 is 0 Å². The smallest absolute Gasteiger partial charge is 0.163 e. The molecule has 0 fully saturated rings. The van der Waals surface area contributed by atoms with Gasteiger partial charge in [0.2, 0.25) is 0 Å². The summed E-state index contributed by atoms with van der Waals surface area (Å²) in [5, 5.41) is 1.51. The van der Waals surface area contributed by atoms with Crippen molar-refractivity contribution >= 4 is 34.8 Å². The molecule has 0 saturated heterocycles. The molecule has 1 heterocycles. The fourth-order valence-electron chi connectivity index (χ4n) is 4.77. The lowest BCUT2D eigenvalue weighted by atomic mass is 9.93. The number of aromatic nitrogens is 3. The quantitative estimate of drug-likeness (QED) is 0.226. The van der Waals surface area contributed by atoms with Crippen LogP contribution in [0.3, 0.4) is 0 Å². The van der Waals surface area contributed by atoms with Crippen LogP contribution in [0, 0.1) is 27.7 Å². The molecule has 0 aliphatic rings. The summed E-state index contributed by atoms with van der Waals surface area (Å²) in [5.74, 6) is 1.90. The number of aryl methyl sites for hydroxylation is 4. The van der Waals surface area contributed by atoms with E-state index in [9.17, 15) is 0 Å². The van der Waals surface area contributed by atoms with E-state index in [4.69, 9.17) is 39.8 Å². The van der Waals surface area contributed by atoms with Gasteiger partial charge in [-0.3, -0.25) is 0 Å². The molecule has 4 aromatic carbocycles. The van der Waals surface area contributed by atoms with Crippen LogP contribution in [0.2, 0.25) is 15.1 Å². The Labute approximate surface area is 232 Å². The third kappa shape index (κ3) is 5.26. The molecule has 37 heavy (non-hydrogen) atoms. The number of nitrogens with zero attached hydrogens (tertiary/aromatic N) is 3. The van der Waals surface area contributed by atoms with Gasteiger partial charge in [-0.15, -0.1) is 0 Å². The molecule has 0 aliphatic carbocycles. The fourth-order valence-corrected chi connectivity index (χ4v) is 5.80. The zero-order valence-corrected chi connectivity index (χ0v) is 23.2. The van der Waals surface area contributed by atoms with Crippen molar-refractivity contribution in [3.8, 4) is 45.0 Å². The summed E-state index contributed by atoms with van der Waals surface area (Å²) < 4.78 is 0. The zero-order chi connectivity index (χ0) is 26.3. The van der Waals surface area contributed by atoms with Crippen LogP contribution in [0.5, 0.6) is 0 Å². The van der Waals surface area contributed by atoms with Crippen molar-refractivity contribution in [1.29, 1.82) is 0 Å². The first-order chi connectivity index (χ1) is 17.7. The molecule has 6 heteroatoms. The third-order valence-corrected chi connectivity index (χ3v) is 7.11. The van der Waals surface area contributed by atoms with E-state index in [1.165, 1.54) is 27.8 Å². The molecule has 0 radical (unpaired) electrons. The molecule has 0 unspecified atom stereocenters. The van der Waals surface area contributed by atoms with Crippen LogP contribution in [0.15, 0.2) is 72.8 Å². The lowest BCUT2D eigenvalue weighted by Gasteiger charge is -2.12. The Kier molecular flexibility index (Phi) is 7.04. The minimum Gasteiger partial charge on any atom is -0.213 e. The maximum Gasteiger partial charge on any atom is 0.163 e. The molecule has 0 N–H and O–H groups in total. The van der Waals surface area contributed by atoms with Gasteiger partial charge in [-0.2, -0.15) is 0 Å². The molecule has 0 amide bonds. The summed E-state index contributed by atoms with van der Waals surface area (Å²) >= 11 is 18.9. The molecular weight excluding hydrogens is 521 g/mol. The number of hydrogen-bond acceptors (Lipinski definition) is 3. The predicted molar refractivity (Wildman–Crippen MR) is 156 cm³/mol. The average molecular weight is 545 g/mol. The molecule has 0 saturated carbocycles. The van der Waals surface area contributed by atoms with E-state index >= 15 is 0 Å². The van der Waals surface area contributed by atoms with Gasteiger partial charge in [-0.05, 0) is 67.6 Å². The maximum atomic E-state index is 6.41. The van der Waals surface area contributed by atoms with E-state index in [0.717, 1.165) is 22.3 Å². The van der Waals surface area contributed by atoms with Gasteiger partial charge in [-0.1, -0.05) is 101 Å². The molecule has 3 nitrogen and oxygen atoms in total. The van der Waals surface area contributed by atoms with Gasteiger partial charge < -0.3 is 0 Å². The summed E-state index contributed by atoms with van der Waals surface area (Å²) in [5.41, 5.74) is 9.71. The van der Waals surface area contributed by atoms with Crippen LogP contribution in [-0.2, 0) is 0 Å². The molecule has 0 aliphatic heterocycles. The van der Waals surface area contributed by atoms with Gasteiger partial charge in [-0.25, -0.2) is 15.0 Å². The molecule has 5 aromatic rings. The number of benzene rings is 4. The Balaban J connectivity index is 1.47. The summed E-state index contributed by atoms with van der Waals surface area (Å²) in [6.45, 7) is 8.32. The first-order valence-corrected chi connectivity index (χ1v) is 13.0. The minimum atomic E-state index is 0.501. The van der Waals surface area contributed by atoms with Crippen molar-refractivity contribution < 1.29 is 0 Å². The minimum absolute atomic E-state index is 0.501. The molecule has 0 bridgehead atoms. The molecule has 1 aromatic heterocycles. The van der Waals surface area contributed by atoms with Gasteiger partial charge in [0.05, 0.1) is 10.0 Å². The highest BCUT2D eigenvalue weighted by Crippen LogP contribution is 2.38. The van der Waals surface area contributed by atoms with Gasteiger partial charge in [0, 0.05) is 21.7 Å². The second-order valence-electron chi connectivity index (χ2n) is 9.20. The lowest BCUT2D eigenvalue weighted by molar-refractivity contribution is 0.992. The zero-order valence-electron chi connectivity index (χ0n) is 20.9. The Bertz CT molecular complexity index is 1460. The molecule has 0 atom stereocenters. The maximum absolute atomic E-state index is 6.41. The SMILES string of the molecule is Cc1cc(C)c(-c2ccc(-c3nc(C)nc(-c4ccc(-c5c(Cl)cc(Cl)cc5Cl)cc4)n3)cc2)c(C)c1. The van der Waals surface area contributed by atoms with Crippen LogP contribution in [0.1, 0.15) is 22.5 Å². The van der Waals surface area contributed by atoms with Crippen molar-refractivity contribution in [3.05, 3.63) is 110 Å². The second-order valence-corrected chi connectivity index (χ2v) is 10.5. The predicted octanol–water partition coefficient (Wildman–Crippen LogP) is 9.73. The van der Waals surface area contributed by atoms with E-state index in [1.807, 2.05) is 31.2 Å². The number of hydrogen-bond donors (Lipinski definition) is 0. The summed E-state index contributed by atoms with van der Waals surface area (Å²) in [6.07, 6.45) is 0. The van der Waals surface area contributed by atoms with Crippen molar-refractivity contribution in [2.75, 3.05) is 0 Å². The Morgan fingerprint density at radius 2 is 0.892 bits per heavy atom. The normalized spacial score (nSPS) is 11.1. The highest BCUT2D eigenvalue weighted by molar-refractivity contribution is 6.41. The van der Waals surface area contributed by atoms with Gasteiger partial charge in [0.15, 0.2) is 11.6 Å². The van der Waals surface area contributed by atoms with Crippen molar-refractivity contribution in [1.82, 2.24) is 15.0 Å². The van der Waals surface area contributed by atoms with E-state index < -0.39 is 0 Å². The lowest BCUT2D eigenvalue weighted by Crippen LogP contribution is -1.99. The van der Waals surface area contributed by atoms with Crippen molar-refractivity contribution in [3.63, 3.8) is 0 Å². The van der Waals surface area contributed by atoms with Crippen LogP contribution in [0.25, 0.3) is 45.0 Å². The summed E-state index contributed by atoms with van der Waals surface area (Å²) in [4.78, 5) is 14.0. The Hall–Kier alpha value is -3.24. The van der Waals surface area contributed by atoms with E-state index in [2.05, 4.69) is 67.1 Å². The molecule has 5 rings (SSSR count). The average Bonchev–Trinajstić information content (AvgIpc) is 2.83. The van der Waals surface area contributed by atoms with Crippen LogP contribution in [-0.4, -0.2) is 15.0 Å². The Morgan fingerprint density at radius 1 is 0.486 bits per heavy atom. The summed E-state index contributed by atoms with van der Waals surface area (Å²) in [6, 6.07) is 24.0. The molecule has 184 valence electrons. The van der Waals surface area contributed by atoms with Crippen LogP contribution in [0.4, 0.5) is 0 Å². The summed E-state index contributed by atoms with van der Waals surface area (Å²) in [7, 11) is 0. The largest absolute Gasteiger partial charge is 0.213 e. The third-order valence-electron chi connectivity index (χ3n) is 6.29. The van der Waals surface area contributed by atoms with E-state index in [-0.39, 0.29) is 0 Å². The first-order valence-electron chi connectivity index (χ1n) is 11.9. The monoisotopic (exact) mass is 543 g/mol. The Morgan fingerprint density at radius 3 is 1.35 bits per heavy atom. The van der Waals surface area contributed by atoms with E-state index in [1.54, 1.807) is 12.1 Å². The van der Waals surface area contributed by atoms with Crippen LogP contribution >= 0.6 is 34.8 Å². The highest BCUT2D eigenvalue weighted by atomic mass is 35.5. The van der Waals surface area contributed by atoms with Crippen molar-refractivity contribution in [2.45, 2.75) is 27.7 Å².